The van der Waals surface area contributed by atoms with E-state index >= 15 is 0 Å². The molecule has 1 saturated heterocycles. The van der Waals surface area contributed by atoms with Crippen LogP contribution in [0.1, 0.15) is 39.5 Å². The van der Waals surface area contributed by atoms with Crippen molar-refractivity contribution in [1.82, 2.24) is 14.7 Å². The Labute approximate surface area is 133 Å². The molecule has 2 rings (SSSR count). The molecule has 2 heterocycles. The summed E-state index contributed by atoms with van der Waals surface area (Å²) in [7, 11) is 0. The molecule has 0 radical (unpaired) electrons. The smallest absolute Gasteiger partial charge is 0.357 e. The third kappa shape index (κ3) is 4.87. The molecule has 2 atom stereocenters. The van der Waals surface area contributed by atoms with Gasteiger partial charge >= 0.3 is 6.18 Å². The molecule has 130 valence electrons. The first-order valence-corrected chi connectivity index (χ1v) is 7.97. The number of anilines is 1. The van der Waals surface area contributed by atoms with Crippen LogP contribution in [0.3, 0.4) is 0 Å². The Kier molecular flexibility index (Phi) is 5.54. The summed E-state index contributed by atoms with van der Waals surface area (Å²) >= 11 is 0. The number of rotatable bonds is 5. The SMILES string of the molecule is CC[C@H]1CCCCN1C(=O)[C@H](C)Nc1ccn(CC(F)(F)F)n1. The summed E-state index contributed by atoms with van der Waals surface area (Å²) < 4.78 is 37.8. The predicted octanol–water partition coefficient (Wildman–Crippen LogP) is 3.04. The Bertz CT molecular complexity index is 529. The minimum Gasteiger partial charge on any atom is -0.357 e. The zero-order chi connectivity index (χ0) is 17.0. The third-order valence-corrected chi connectivity index (χ3v) is 4.10. The summed E-state index contributed by atoms with van der Waals surface area (Å²) in [5.74, 6) is 0.252. The van der Waals surface area contributed by atoms with Gasteiger partial charge < -0.3 is 10.2 Å². The predicted molar refractivity (Wildman–Crippen MR) is 81.0 cm³/mol. The molecule has 0 bridgehead atoms. The molecule has 1 aliphatic heterocycles. The molecule has 1 aromatic heterocycles. The van der Waals surface area contributed by atoms with E-state index in [0.29, 0.717) is 0 Å². The van der Waals surface area contributed by atoms with E-state index in [0.717, 1.165) is 36.9 Å². The highest BCUT2D eigenvalue weighted by Gasteiger charge is 2.30. The van der Waals surface area contributed by atoms with Crippen molar-refractivity contribution in [3.05, 3.63) is 12.3 Å². The highest BCUT2D eigenvalue weighted by molar-refractivity contribution is 5.84. The number of alkyl halides is 3. The maximum absolute atomic E-state index is 12.6. The van der Waals surface area contributed by atoms with Gasteiger partial charge in [-0.15, -0.1) is 0 Å². The third-order valence-electron chi connectivity index (χ3n) is 4.10. The van der Waals surface area contributed by atoms with E-state index < -0.39 is 18.8 Å². The fourth-order valence-corrected chi connectivity index (χ4v) is 2.96. The van der Waals surface area contributed by atoms with Gasteiger partial charge in [0.15, 0.2) is 0 Å². The zero-order valence-electron chi connectivity index (χ0n) is 13.4. The van der Waals surface area contributed by atoms with Gasteiger partial charge in [-0.2, -0.15) is 18.3 Å². The molecule has 23 heavy (non-hydrogen) atoms. The van der Waals surface area contributed by atoms with Crippen LogP contribution in [-0.4, -0.2) is 45.4 Å². The average molecular weight is 332 g/mol. The van der Waals surface area contributed by atoms with Gasteiger partial charge in [0.25, 0.3) is 0 Å². The maximum Gasteiger partial charge on any atom is 0.408 e. The number of piperidine rings is 1. The Morgan fingerprint density at radius 1 is 1.48 bits per heavy atom. The minimum atomic E-state index is -4.31. The van der Waals surface area contributed by atoms with Crippen molar-refractivity contribution < 1.29 is 18.0 Å². The van der Waals surface area contributed by atoms with Gasteiger partial charge in [-0.05, 0) is 32.6 Å². The fourth-order valence-electron chi connectivity index (χ4n) is 2.96. The van der Waals surface area contributed by atoms with Gasteiger partial charge in [-0.25, -0.2) is 0 Å². The van der Waals surface area contributed by atoms with Crippen LogP contribution in [0.4, 0.5) is 19.0 Å². The largest absolute Gasteiger partial charge is 0.408 e. The number of halogens is 3. The number of hydrogen-bond donors (Lipinski definition) is 1. The first kappa shape index (κ1) is 17.6. The number of nitrogens with zero attached hydrogens (tertiary/aromatic N) is 3. The van der Waals surface area contributed by atoms with Crippen molar-refractivity contribution in [2.75, 3.05) is 11.9 Å². The molecule has 1 fully saturated rings. The summed E-state index contributed by atoms with van der Waals surface area (Å²) in [5.41, 5.74) is 0. The monoisotopic (exact) mass is 332 g/mol. The van der Waals surface area contributed by atoms with Gasteiger partial charge in [-0.1, -0.05) is 6.92 Å². The van der Waals surface area contributed by atoms with Crippen LogP contribution in [0.2, 0.25) is 0 Å². The van der Waals surface area contributed by atoms with E-state index in [1.54, 1.807) is 6.92 Å². The maximum atomic E-state index is 12.6. The number of aromatic nitrogens is 2. The van der Waals surface area contributed by atoms with Crippen LogP contribution in [0.25, 0.3) is 0 Å². The van der Waals surface area contributed by atoms with Gasteiger partial charge in [0.1, 0.15) is 18.4 Å². The Hall–Kier alpha value is -1.73. The average Bonchev–Trinajstić information content (AvgIpc) is 2.91. The van der Waals surface area contributed by atoms with E-state index in [9.17, 15) is 18.0 Å². The molecule has 0 aromatic carbocycles. The second-order valence-electron chi connectivity index (χ2n) is 5.97. The zero-order valence-corrected chi connectivity index (χ0v) is 13.4. The Morgan fingerprint density at radius 3 is 2.87 bits per heavy atom. The van der Waals surface area contributed by atoms with Gasteiger partial charge in [0.2, 0.25) is 5.91 Å². The number of amides is 1. The highest BCUT2D eigenvalue weighted by atomic mass is 19.4. The van der Waals surface area contributed by atoms with E-state index in [4.69, 9.17) is 0 Å². The van der Waals surface area contributed by atoms with Gasteiger partial charge in [0.05, 0.1) is 0 Å². The summed E-state index contributed by atoms with van der Waals surface area (Å²) in [6.45, 7) is 3.38. The molecule has 0 spiro atoms. The molecule has 0 aliphatic carbocycles. The summed E-state index contributed by atoms with van der Waals surface area (Å²) in [5, 5.41) is 6.72. The number of nitrogens with one attached hydrogen (secondary N) is 1. The second-order valence-corrected chi connectivity index (χ2v) is 5.97. The van der Waals surface area contributed by atoms with Crippen LogP contribution in [0.5, 0.6) is 0 Å². The van der Waals surface area contributed by atoms with Gasteiger partial charge in [0, 0.05) is 24.8 Å². The Balaban J connectivity index is 1.95. The van der Waals surface area contributed by atoms with Crippen molar-refractivity contribution in [3.8, 4) is 0 Å². The van der Waals surface area contributed by atoms with Gasteiger partial charge in [-0.3, -0.25) is 9.48 Å². The first-order valence-electron chi connectivity index (χ1n) is 7.97. The van der Waals surface area contributed by atoms with E-state index in [2.05, 4.69) is 17.3 Å². The van der Waals surface area contributed by atoms with Crippen LogP contribution < -0.4 is 5.32 Å². The van der Waals surface area contributed by atoms with E-state index in [1.807, 2.05) is 4.90 Å². The minimum absolute atomic E-state index is 0.0260. The molecule has 1 aromatic rings. The molecule has 5 nitrogen and oxygen atoms in total. The molecule has 1 N–H and O–H groups in total. The van der Waals surface area contributed by atoms with E-state index in [-0.39, 0.29) is 17.8 Å². The molecular formula is C15H23F3N4O. The quantitative estimate of drug-likeness (QED) is 0.902. The first-order chi connectivity index (χ1) is 10.8. The number of carbonyl (C=O) groups excluding carboxylic acids is 1. The second kappa shape index (κ2) is 7.23. The molecule has 1 amide bonds. The lowest BCUT2D eigenvalue weighted by Gasteiger charge is -2.37. The molecule has 0 unspecified atom stereocenters. The van der Waals surface area contributed by atoms with Crippen molar-refractivity contribution in [3.63, 3.8) is 0 Å². The van der Waals surface area contributed by atoms with Crippen molar-refractivity contribution >= 4 is 11.7 Å². The van der Waals surface area contributed by atoms with Crippen LogP contribution in [0.15, 0.2) is 12.3 Å². The number of hydrogen-bond acceptors (Lipinski definition) is 3. The van der Waals surface area contributed by atoms with E-state index in [1.165, 1.54) is 12.3 Å². The van der Waals surface area contributed by atoms with Crippen molar-refractivity contribution in [2.45, 2.75) is 64.3 Å². The summed E-state index contributed by atoms with van der Waals surface area (Å²) in [6.07, 6.45) is 0.991. The molecular weight excluding hydrogens is 309 g/mol. The number of carbonyl (C=O) groups is 1. The highest BCUT2D eigenvalue weighted by Crippen LogP contribution is 2.21. The lowest BCUT2D eigenvalue weighted by atomic mass is 9.99. The lowest BCUT2D eigenvalue weighted by Crippen LogP contribution is -2.49. The normalized spacial score (nSPS) is 20.4. The lowest BCUT2D eigenvalue weighted by molar-refractivity contribution is -0.142. The van der Waals surface area contributed by atoms with Crippen molar-refractivity contribution in [2.24, 2.45) is 0 Å². The topological polar surface area (TPSA) is 50.2 Å². The van der Waals surface area contributed by atoms with Crippen molar-refractivity contribution in [1.29, 1.82) is 0 Å². The van der Waals surface area contributed by atoms with Crippen LogP contribution in [-0.2, 0) is 11.3 Å². The summed E-state index contributed by atoms with van der Waals surface area (Å²) in [4.78, 5) is 14.4. The number of likely N-dealkylation sites (tertiary alicyclic amines) is 1. The standard InChI is InChI=1S/C15H23F3N4O/c1-3-12-6-4-5-8-22(12)14(23)11(2)19-13-7-9-21(20-13)10-15(16,17)18/h7,9,11-12H,3-6,8,10H2,1-2H3,(H,19,20)/t11-,12-/m0/s1. The summed E-state index contributed by atoms with van der Waals surface area (Å²) in [6, 6.07) is 1.18. The fraction of sp³-hybridized carbons (Fsp3) is 0.733. The van der Waals surface area contributed by atoms with Crippen LogP contribution >= 0.6 is 0 Å². The molecule has 1 aliphatic rings. The molecule has 0 saturated carbocycles. The van der Waals surface area contributed by atoms with Crippen LogP contribution in [0, 0.1) is 0 Å². The molecule has 8 heteroatoms. The Morgan fingerprint density at radius 2 is 2.22 bits per heavy atom.